The average Bonchev–Trinajstić information content (AvgIpc) is 3.27. The molecule has 1 N–H and O–H groups in total. The second-order valence-electron chi connectivity index (χ2n) is 9.96. The van der Waals surface area contributed by atoms with Gasteiger partial charge in [0.15, 0.2) is 0 Å². The van der Waals surface area contributed by atoms with Crippen molar-refractivity contribution in [3.63, 3.8) is 0 Å². The van der Waals surface area contributed by atoms with Crippen molar-refractivity contribution >= 4 is 11.8 Å². The molecular formula is C29H33N3O2. The lowest BCUT2D eigenvalue weighted by Crippen LogP contribution is -2.64. The van der Waals surface area contributed by atoms with E-state index in [1.807, 2.05) is 72.2 Å². The van der Waals surface area contributed by atoms with Gasteiger partial charge in [-0.25, -0.2) is 0 Å². The summed E-state index contributed by atoms with van der Waals surface area (Å²) in [5, 5.41) is 3.32. The number of nitrogens with one attached hydrogen (secondary N) is 1. The molecule has 3 aromatic rings. The van der Waals surface area contributed by atoms with Gasteiger partial charge in [-0.3, -0.25) is 9.59 Å². The second-order valence-corrected chi connectivity index (χ2v) is 9.96. The molecule has 1 saturated carbocycles. The molecule has 0 radical (unpaired) electrons. The molecule has 34 heavy (non-hydrogen) atoms. The Morgan fingerprint density at radius 2 is 1.62 bits per heavy atom. The van der Waals surface area contributed by atoms with Crippen LogP contribution in [0.1, 0.15) is 60.6 Å². The molecule has 0 spiro atoms. The molecule has 176 valence electrons. The zero-order valence-electron chi connectivity index (χ0n) is 20.1. The highest BCUT2D eigenvalue weighted by molar-refractivity contribution is 6.00. The predicted molar refractivity (Wildman–Crippen MR) is 134 cm³/mol. The number of hydrogen-bond donors (Lipinski definition) is 1. The first kappa shape index (κ1) is 22.5. The summed E-state index contributed by atoms with van der Waals surface area (Å²) in [6.45, 7) is 4.82. The highest BCUT2D eigenvalue weighted by atomic mass is 16.2. The second kappa shape index (κ2) is 9.13. The van der Waals surface area contributed by atoms with Crippen molar-refractivity contribution in [2.45, 2.75) is 70.6 Å². The molecule has 5 rings (SSSR count). The van der Waals surface area contributed by atoms with Gasteiger partial charge in [-0.05, 0) is 55.5 Å². The molecule has 5 heteroatoms. The first-order valence-electron chi connectivity index (χ1n) is 12.4. The third-order valence-corrected chi connectivity index (χ3v) is 7.60. The van der Waals surface area contributed by atoms with Crippen molar-refractivity contribution in [1.29, 1.82) is 0 Å². The lowest BCUT2D eigenvalue weighted by atomic mass is 9.90. The number of aryl methyl sites for hydroxylation is 1. The fourth-order valence-electron chi connectivity index (χ4n) is 5.43. The molecule has 1 aromatic heterocycles. The largest absolute Gasteiger partial charge is 0.351 e. The average molecular weight is 456 g/mol. The third-order valence-electron chi connectivity index (χ3n) is 7.60. The number of benzene rings is 2. The van der Waals surface area contributed by atoms with E-state index >= 15 is 0 Å². The summed E-state index contributed by atoms with van der Waals surface area (Å²) in [6.07, 6.45) is 5.55. The quantitative estimate of drug-likeness (QED) is 0.566. The van der Waals surface area contributed by atoms with Crippen LogP contribution < -0.4 is 5.32 Å². The van der Waals surface area contributed by atoms with Gasteiger partial charge >= 0.3 is 0 Å². The van der Waals surface area contributed by atoms with Crippen LogP contribution in [0.25, 0.3) is 11.3 Å². The molecule has 0 unspecified atom stereocenters. The maximum Gasteiger partial charge on any atom is 0.271 e. The molecule has 5 nitrogen and oxygen atoms in total. The van der Waals surface area contributed by atoms with Crippen LogP contribution in [0, 0.1) is 6.92 Å². The number of nitrogens with zero attached hydrogens (tertiary/aromatic N) is 2. The lowest BCUT2D eigenvalue weighted by molar-refractivity contribution is -0.134. The molecule has 0 bridgehead atoms. The van der Waals surface area contributed by atoms with Gasteiger partial charge in [0.2, 0.25) is 5.91 Å². The number of hydrogen-bond acceptors (Lipinski definition) is 2. The summed E-state index contributed by atoms with van der Waals surface area (Å²) >= 11 is 0. The van der Waals surface area contributed by atoms with Crippen molar-refractivity contribution in [1.82, 2.24) is 14.8 Å². The lowest BCUT2D eigenvalue weighted by Gasteiger charge is -2.45. The van der Waals surface area contributed by atoms with E-state index in [0.29, 0.717) is 18.8 Å². The minimum absolute atomic E-state index is 0.0558. The maximum atomic E-state index is 13.9. The Labute approximate surface area is 201 Å². The van der Waals surface area contributed by atoms with Crippen LogP contribution in [0.3, 0.4) is 0 Å². The highest BCUT2D eigenvalue weighted by Gasteiger charge is 2.48. The first-order chi connectivity index (χ1) is 16.5. The molecule has 1 aliphatic carbocycles. The van der Waals surface area contributed by atoms with Crippen LogP contribution in [-0.2, 0) is 17.9 Å². The van der Waals surface area contributed by atoms with E-state index in [-0.39, 0.29) is 17.9 Å². The molecular weight excluding hydrogens is 422 g/mol. The number of carbonyl (C=O) groups excluding carboxylic acids is 2. The van der Waals surface area contributed by atoms with E-state index in [1.54, 1.807) is 4.90 Å². The topological polar surface area (TPSA) is 54.3 Å². The number of aromatic nitrogens is 1. The van der Waals surface area contributed by atoms with Crippen molar-refractivity contribution < 1.29 is 9.59 Å². The minimum atomic E-state index is -0.994. The minimum Gasteiger partial charge on any atom is -0.351 e. The molecule has 2 aromatic carbocycles. The summed E-state index contributed by atoms with van der Waals surface area (Å²) in [7, 11) is 0. The van der Waals surface area contributed by atoms with Crippen LogP contribution in [0.15, 0.2) is 66.7 Å². The van der Waals surface area contributed by atoms with Crippen LogP contribution in [-0.4, -0.2) is 32.9 Å². The summed E-state index contributed by atoms with van der Waals surface area (Å²) < 4.78 is 2.03. The van der Waals surface area contributed by atoms with Crippen molar-refractivity contribution in [2.75, 3.05) is 0 Å². The van der Waals surface area contributed by atoms with Gasteiger partial charge in [-0.1, -0.05) is 73.9 Å². The Morgan fingerprint density at radius 3 is 2.35 bits per heavy atom. The number of amides is 2. The smallest absolute Gasteiger partial charge is 0.271 e. The first-order valence-corrected chi connectivity index (χ1v) is 12.4. The van der Waals surface area contributed by atoms with Gasteiger partial charge in [-0.15, -0.1) is 0 Å². The van der Waals surface area contributed by atoms with Gasteiger partial charge in [0, 0.05) is 18.3 Å². The molecule has 1 aliphatic heterocycles. The van der Waals surface area contributed by atoms with E-state index in [9.17, 15) is 9.59 Å². The van der Waals surface area contributed by atoms with E-state index in [1.165, 1.54) is 6.42 Å². The van der Waals surface area contributed by atoms with Gasteiger partial charge in [-0.2, -0.15) is 0 Å². The van der Waals surface area contributed by atoms with E-state index in [0.717, 1.165) is 48.1 Å². The highest BCUT2D eigenvalue weighted by Crippen LogP contribution is 2.35. The molecule has 2 aliphatic rings. The number of fused-ring (bicyclic) bond motifs is 1. The molecule has 1 fully saturated rings. The Balaban J connectivity index is 1.55. The summed E-state index contributed by atoms with van der Waals surface area (Å²) in [5.74, 6) is -0.155. The van der Waals surface area contributed by atoms with E-state index < -0.39 is 5.54 Å². The van der Waals surface area contributed by atoms with Crippen molar-refractivity contribution in [2.24, 2.45) is 0 Å². The Hall–Kier alpha value is -3.34. The van der Waals surface area contributed by atoms with E-state index in [2.05, 4.69) is 18.3 Å². The zero-order chi connectivity index (χ0) is 23.7. The Morgan fingerprint density at radius 1 is 0.941 bits per heavy atom. The van der Waals surface area contributed by atoms with Gasteiger partial charge in [0.1, 0.15) is 11.2 Å². The van der Waals surface area contributed by atoms with Crippen LogP contribution >= 0.6 is 0 Å². The number of carbonyl (C=O) groups is 2. The van der Waals surface area contributed by atoms with Crippen LogP contribution in [0.4, 0.5) is 0 Å². The van der Waals surface area contributed by atoms with E-state index in [4.69, 9.17) is 0 Å². The van der Waals surface area contributed by atoms with Crippen molar-refractivity contribution in [3.8, 4) is 11.3 Å². The molecule has 2 amide bonds. The van der Waals surface area contributed by atoms with Crippen LogP contribution in [0.2, 0.25) is 0 Å². The molecule has 1 atom stereocenters. The Kier molecular flexibility index (Phi) is 6.03. The number of rotatable bonds is 5. The fourth-order valence-corrected chi connectivity index (χ4v) is 5.43. The van der Waals surface area contributed by atoms with Gasteiger partial charge in [0.05, 0.1) is 6.54 Å². The monoisotopic (exact) mass is 455 g/mol. The predicted octanol–water partition coefficient (Wildman–Crippen LogP) is 5.33. The summed E-state index contributed by atoms with van der Waals surface area (Å²) in [4.78, 5) is 29.6. The zero-order valence-corrected chi connectivity index (χ0v) is 20.1. The summed E-state index contributed by atoms with van der Waals surface area (Å²) in [6, 6.07) is 22.3. The maximum absolute atomic E-state index is 13.9. The fraction of sp³-hybridized carbons (Fsp3) is 0.379. The summed E-state index contributed by atoms with van der Waals surface area (Å²) in [5.41, 5.74) is 3.84. The Bertz CT molecular complexity index is 1190. The molecule has 0 saturated heterocycles. The third kappa shape index (κ3) is 4.04. The normalized spacial score (nSPS) is 20.8. The van der Waals surface area contributed by atoms with Gasteiger partial charge < -0.3 is 14.8 Å². The van der Waals surface area contributed by atoms with Crippen LogP contribution in [0.5, 0.6) is 0 Å². The standard InChI is InChI=1S/C29H33N3O2/c1-21-11-9-10-14-23(21)19-32-27(33)26-18-17-25(22-12-5-3-6-13-22)31(26)20-29(32,2)28(34)30-24-15-7-4-8-16-24/h3,5-6,9-14,17-18,24H,4,7-8,15-16,19-20H2,1-2H3,(H,30,34)/t29-/m0/s1. The van der Waals surface area contributed by atoms with Crippen molar-refractivity contribution in [3.05, 3.63) is 83.6 Å². The van der Waals surface area contributed by atoms with Gasteiger partial charge in [0.25, 0.3) is 5.91 Å². The molecule has 2 heterocycles. The SMILES string of the molecule is Cc1ccccc1CN1C(=O)c2ccc(-c3ccccc3)n2C[C@@]1(C)C(=O)NC1CCCCC1.